The van der Waals surface area contributed by atoms with Gasteiger partial charge < -0.3 is 20.3 Å². The van der Waals surface area contributed by atoms with Crippen LogP contribution in [-0.2, 0) is 25.7 Å². The molecule has 0 aliphatic carbocycles. The van der Waals surface area contributed by atoms with Gasteiger partial charge in [-0.2, -0.15) is 5.10 Å². The number of hydrogen-bond donors (Lipinski definition) is 2. The highest BCUT2D eigenvalue weighted by Gasteiger charge is 2.45. The smallest absolute Gasteiger partial charge is 0.246 e. The van der Waals surface area contributed by atoms with Gasteiger partial charge in [0.25, 0.3) is 0 Å². The van der Waals surface area contributed by atoms with E-state index in [2.05, 4.69) is 54.2 Å². The number of nitrogens with one attached hydrogen (secondary N) is 2. The molecular weight excluding hydrogens is 923 g/mol. The summed E-state index contributed by atoms with van der Waals surface area (Å²) in [6.07, 6.45) is 2.63. The molecule has 2 aliphatic rings. The van der Waals surface area contributed by atoms with Gasteiger partial charge in [0.05, 0.1) is 51.0 Å². The van der Waals surface area contributed by atoms with Gasteiger partial charge in [0.2, 0.25) is 17.7 Å². The van der Waals surface area contributed by atoms with Gasteiger partial charge in [0.1, 0.15) is 41.7 Å². The van der Waals surface area contributed by atoms with Crippen molar-refractivity contribution in [1.82, 2.24) is 45.1 Å². The van der Waals surface area contributed by atoms with Gasteiger partial charge in [-0.25, -0.2) is 9.37 Å². The van der Waals surface area contributed by atoms with Gasteiger partial charge >= 0.3 is 0 Å². The van der Waals surface area contributed by atoms with Crippen LogP contribution in [0.1, 0.15) is 110 Å². The van der Waals surface area contributed by atoms with Crippen LogP contribution in [0.25, 0.3) is 15.4 Å². The van der Waals surface area contributed by atoms with Crippen molar-refractivity contribution in [3.8, 4) is 27.3 Å². The molecule has 4 aromatic heterocycles. The predicted molar refractivity (Wildman–Crippen MR) is 263 cm³/mol. The zero-order chi connectivity index (χ0) is 48.4. The molecule has 1 saturated heterocycles. The molecule has 18 heteroatoms. The molecule has 2 unspecified atom stereocenters. The molecule has 0 bridgehead atoms. The lowest BCUT2D eigenvalue weighted by Gasteiger charge is -2.35. The summed E-state index contributed by atoms with van der Waals surface area (Å²) in [5, 5.41) is 20.7. The lowest BCUT2D eigenvalue weighted by atomic mass is 9.85. The fraction of sp³-hybridized carbons (Fsp3) is 0.400. The van der Waals surface area contributed by atoms with Crippen molar-refractivity contribution in [2.24, 2.45) is 10.4 Å². The maximum Gasteiger partial charge on any atom is 0.246 e. The molecule has 2 aromatic carbocycles. The Morgan fingerprint density at radius 2 is 1.75 bits per heavy atom. The number of aryl methyl sites for hydroxylation is 3. The van der Waals surface area contributed by atoms with Gasteiger partial charge in [-0.3, -0.25) is 28.6 Å². The van der Waals surface area contributed by atoms with Gasteiger partial charge in [-0.05, 0) is 75.3 Å². The first-order chi connectivity index (χ1) is 32.5. The van der Waals surface area contributed by atoms with Gasteiger partial charge in [0.15, 0.2) is 5.82 Å². The number of benzene rings is 2. The molecule has 354 valence electrons. The quantitative estimate of drug-likeness (QED) is 0.0864. The average molecular weight is 978 g/mol. The standard InChI is InChI=1S/C50H54ClFN10O4S2/c1-28-40(68-49-42(28)43(35-15-17-37(51)18-16-35)55-31(4)46-59-58-32(5)62(46)49)19-10-33-23-54-60(24-33)20-9-21-66-26-41(63)57-45(50(6,7)8)48(65)61-25-38(52)22-39(61)47(64)56-29(2)34-11-13-36(14-12-34)44-30(3)53-27-67-44/h11-18,23-24,27,29,31,38-39,45H,9,20-22,25-26H2,1-8H3,(H,56,64)(H,57,63)/t29?,31-,38+,39-,45?/m0/s1. The molecule has 2 N–H and O–H groups in total. The number of fused-ring (bicyclic) bond motifs is 3. The van der Waals surface area contributed by atoms with E-state index in [0.29, 0.717) is 18.0 Å². The van der Waals surface area contributed by atoms with E-state index in [0.717, 1.165) is 71.2 Å². The minimum absolute atomic E-state index is 0.130. The van der Waals surface area contributed by atoms with Crippen LogP contribution in [0.4, 0.5) is 4.39 Å². The second kappa shape index (κ2) is 20.3. The van der Waals surface area contributed by atoms with Crippen molar-refractivity contribution in [3.63, 3.8) is 0 Å². The van der Waals surface area contributed by atoms with Crippen molar-refractivity contribution in [3.05, 3.63) is 121 Å². The Bertz CT molecular complexity index is 2920. The number of hydrogen-bond acceptors (Lipinski definition) is 11. The van der Waals surface area contributed by atoms with Crippen LogP contribution in [0.15, 0.2) is 71.4 Å². The number of carbonyl (C=O) groups excluding carboxylic acids is 3. The number of alkyl halides is 1. The molecule has 0 saturated carbocycles. The number of ether oxygens (including phenoxy) is 1. The fourth-order valence-electron chi connectivity index (χ4n) is 8.46. The van der Waals surface area contributed by atoms with Crippen LogP contribution < -0.4 is 10.6 Å². The molecule has 6 heterocycles. The van der Waals surface area contributed by atoms with E-state index in [4.69, 9.17) is 21.3 Å². The van der Waals surface area contributed by atoms with Crippen molar-refractivity contribution in [1.29, 1.82) is 0 Å². The normalized spacial score (nSPS) is 17.6. The van der Waals surface area contributed by atoms with Crippen LogP contribution >= 0.6 is 34.3 Å². The van der Waals surface area contributed by atoms with Gasteiger partial charge in [-0.15, -0.1) is 32.9 Å². The summed E-state index contributed by atoms with van der Waals surface area (Å²) in [7, 11) is 0. The summed E-state index contributed by atoms with van der Waals surface area (Å²) in [4.78, 5) is 53.6. The van der Waals surface area contributed by atoms with Crippen LogP contribution in [0.2, 0.25) is 5.02 Å². The zero-order valence-electron chi connectivity index (χ0n) is 39.3. The van der Waals surface area contributed by atoms with Crippen LogP contribution in [-0.4, -0.2) is 95.9 Å². The Morgan fingerprint density at radius 3 is 2.46 bits per heavy atom. The maximum atomic E-state index is 15.0. The topological polar surface area (TPSA) is 162 Å². The summed E-state index contributed by atoms with van der Waals surface area (Å²) < 4.78 is 24.6. The number of thiophene rings is 1. The Morgan fingerprint density at radius 1 is 1.01 bits per heavy atom. The minimum Gasteiger partial charge on any atom is -0.372 e. The fourth-order valence-corrected chi connectivity index (χ4v) is 10.6. The monoisotopic (exact) mass is 976 g/mol. The van der Waals surface area contributed by atoms with Crippen molar-refractivity contribution >= 4 is 57.7 Å². The lowest BCUT2D eigenvalue weighted by Crippen LogP contribution is -2.58. The van der Waals surface area contributed by atoms with Crippen LogP contribution in [0, 0.1) is 38.0 Å². The summed E-state index contributed by atoms with van der Waals surface area (Å²) in [6.45, 7) is 15.5. The molecule has 1 fully saturated rings. The van der Waals surface area contributed by atoms with E-state index in [-0.39, 0.29) is 32.2 Å². The third-order valence-electron chi connectivity index (χ3n) is 12.1. The number of aliphatic imine (C=N–C) groups is 1. The van der Waals surface area contributed by atoms with Crippen molar-refractivity contribution in [2.45, 2.75) is 105 Å². The third-order valence-corrected chi connectivity index (χ3v) is 14.5. The highest BCUT2D eigenvalue weighted by atomic mass is 35.5. The van der Waals surface area contributed by atoms with E-state index in [9.17, 15) is 18.8 Å². The molecule has 0 spiro atoms. The number of nitrogens with zero attached hydrogens (tertiary/aromatic N) is 8. The number of amides is 3. The first-order valence-corrected chi connectivity index (χ1v) is 24.6. The minimum atomic E-state index is -1.38. The summed E-state index contributed by atoms with van der Waals surface area (Å²) in [5.41, 5.74) is 8.46. The Labute approximate surface area is 408 Å². The third kappa shape index (κ3) is 10.5. The van der Waals surface area contributed by atoms with Crippen LogP contribution in [0.5, 0.6) is 0 Å². The highest BCUT2D eigenvalue weighted by molar-refractivity contribution is 7.15. The lowest BCUT2D eigenvalue weighted by molar-refractivity contribution is -0.144. The first-order valence-electron chi connectivity index (χ1n) is 22.5. The molecule has 6 aromatic rings. The Kier molecular flexibility index (Phi) is 14.4. The van der Waals surface area contributed by atoms with E-state index < -0.39 is 47.4 Å². The summed E-state index contributed by atoms with van der Waals surface area (Å²) in [6, 6.07) is 12.9. The summed E-state index contributed by atoms with van der Waals surface area (Å²) in [5.74, 6) is 6.74. The van der Waals surface area contributed by atoms with Crippen LogP contribution in [0.3, 0.4) is 0 Å². The largest absolute Gasteiger partial charge is 0.372 e. The Hall–Kier alpha value is -6.06. The molecule has 3 amide bonds. The number of likely N-dealkylation sites (tertiary alicyclic amines) is 1. The predicted octanol–water partition coefficient (Wildman–Crippen LogP) is 8.29. The molecule has 5 atom stereocenters. The molecule has 2 aliphatic heterocycles. The van der Waals surface area contributed by atoms with E-state index in [1.807, 2.05) is 109 Å². The van der Waals surface area contributed by atoms with Crippen molar-refractivity contribution < 1.29 is 23.5 Å². The number of carbonyl (C=O) groups is 3. The van der Waals surface area contributed by atoms with Gasteiger partial charge in [-0.1, -0.05) is 80.6 Å². The van der Waals surface area contributed by atoms with E-state index in [1.54, 1.807) is 33.6 Å². The molecule has 68 heavy (non-hydrogen) atoms. The second-order valence-corrected chi connectivity index (χ2v) is 20.6. The molecule has 8 rings (SSSR count). The van der Waals surface area contributed by atoms with E-state index in [1.165, 1.54) is 4.90 Å². The first kappa shape index (κ1) is 48.4. The Balaban J connectivity index is 0.841. The van der Waals surface area contributed by atoms with E-state index >= 15 is 0 Å². The number of halogens is 2. The second-order valence-electron chi connectivity index (χ2n) is 18.3. The zero-order valence-corrected chi connectivity index (χ0v) is 41.7. The summed E-state index contributed by atoms with van der Waals surface area (Å²) >= 11 is 9.38. The average Bonchev–Trinajstić information content (AvgIpc) is 4.15. The number of thiazole rings is 1. The van der Waals surface area contributed by atoms with Crippen molar-refractivity contribution in [2.75, 3.05) is 19.8 Å². The number of rotatable bonds is 13. The SMILES string of the molecule is Cc1ncsc1-c1ccc(C(C)NC(=O)[C@@H]2C[C@@H](F)CN2C(=O)C(NC(=O)COCCCn2cc(C#Cc3sc4c(c3C)C(c3ccc(Cl)cc3)=N[C@@H](C)c3nnc(C)n3-4)cn2)C(C)(C)C)cc1. The molecule has 14 nitrogen and oxygen atoms in total. The highest BCUT2D eigenvalue weighted by Crippen LogP contribution is 2.39. The molecule has 0 radical (unpaired) electrons. The number of aromatic nitrogens is 6. The molecular formula is C50H54ClFN10O4S2. The maximum absolute atomic E-state index is 15.0. The van der Waals surface area contributed by atoms with Gasteiger partial charge in [0, 0.05) is 41.9 Å².